The van der Waals surface area contributed by atoms with Crippen molar-refractivity contribution in [2.45, 2.75) is 38.4 Å². The number of pyridine rings is 2. The highest BCUT2D eigenvalue weighted by Crippen LogP contribution is 2.38. The molecule has 0 saturated heterocycles. The number of aromatic nitrogens is 2. The second kappa shape index (κ2) is 14.8. The van der Waals surface area contributed by atoms with Crippen LogP contribution in [0.2, 0.25) is 0 Å². The number of nitrogens with zero attached hydrogens (tertiary/aromatic N) is 5. The smallest absolute Gasteiger partial charge is 0.420 e. The van der Waals surface area contributed by atoms with Crippen LogP contribution in [-0.4, -0.2) is 60.1 Å². The average Bonchev–Trinajstić information content (AvgIpc) is 3.00. The van der Waals surface area contributed by atoms with Crippen LogP contribution in [0.25, 0.3) is 11.3 Å². The Hall–Kier alpha value is -4.48. The largest absolute Gasteiger partial charge is 0.478 e. The number of anilines is 2. The number of hydrogen-bond acceptors (Lipinski definition) is 8. The zero-order valence-electron chi connectivity index (χ0n) is 24.1. The Morgan fingerprint density at radius 3 is 2.34 bits per heavy atom. The van der Waals surface area contributed by atoms with E-state index in [-0.39, 0.29) is 11.7 Å². The van der Waals surface area contributed by atoms with E-state index in [2.05, 4.69) is 9.97 Å². The van der Waals surface area contributed by atoms with E-state index in [1.807, 2.05) is 0 Å². The number of nitriles is 1. The molecule has 14 heteroatoms. The quantitative estimate of drug-likeness (QED) is 0.100. The van der Waals surface area contributed by atoms with Crippen LogP contribution in [0, 0.1) is 17.1 Å². The fourth-order valence-corrected chi connectivity index (χ4v) is 4.55. The van der Waals surface area contributed by atoms with Crippen molar-refractivity contribution in [3.05, 3.63) is 65.7 Å². The predicted octanol–water partition coefficient (Wildman–Crippen LogP) is 5.75. The van der Waals surface area contributed by atoms with Crippen molar-refractivity contribution in [1.29, 1.82) is 5.26 Å². The maximum Gasteiger partial charge on any atom is 0.420 e. The Kier molecular flexibility index (Phi) is 11.4. The molecule has 0 aliphatic rings. The lowest BCUT2D eigenvalue weighted by molar-refractivity contribution is -0.140. The summed E-state index contributed by atoms with van der Waals surface area (Å²) in [6.07, 6.45) is 0.615. The van der Waals surface area contributed by atoms with E-state index in [0.717, 1.165) is 29.9 Å². The zero-order valence-corrected chi connectivity index (χ0v) is 24.9. The molecule has 0 fully saturated rings. The van der Waals surface area contributed by atoms with Crippen molar-refractivity contribution < 1.29 is 36.6 Å². The first kappa shape index (κ1) is 34.0. The van der Waals surface area contributed by atoms with Gasteiger partial charge in [0, 0.05) is 31.5 Å². The first-order chi connectivity index (χ1) is 20.8. The number of halogens is 4. The number of carbonyl (C=O) groups excluding carboxylic acids is 2. The van der Waals surface area contributed by atoms with Crippen LogP contribution in [-0.2, 0) is 20.5 Å². The van der Waals surface area contributed by atoms with Gasteiger partial charge < -0.3 is 28.9 Å². The first-order valence-corrected chi connectivity index (χ1v) is 13.7. The molecule has 44 heavy (non-hydrogen) atoms. The molecule has 1 aromatic carbocycles. The number of rotatable bonds is 13. The third kappa shape index (κ3) is 8.12. The molecule has 3 aromatic rings. The van der Waals surface area contributed by atoms with Crippen molar-refractivity contribution in [3.8, 4) is 23.2 Å². The molecule has 0 N–H and O–H groups in total. The van der Waals surface area contributed by atoms with Crippen LogP contribution in [0.15, 0.2) is 48.8 Å². The molecular weight excluding hydrogens is 602 g/mol. The highest BCUT2D eigenvalue weighted by atomic mass is 32.1. The molecular formula is C30H29F4N5O4S. The molecule has 0 saturated carbocycles. The van der Waals surface area contributed by atoms with E-state index in [4.69, 9.17) is 27.0 Å². The lowest BCUT2D eigenvalue weighted by Crippen LogP contribution is -2.54. The van der Waals surface area contributed by atoms with Crippen molar-refractivity contribution >= 4 is 41.3 Å². The predicted molar refractivity (Wildman–Crippen MR) is 159 cm³/mol. The molecule has 232 valence electrons. The summed E-state index contributed by atoms with van der Waals surface area (Å²) < 4.78 is 66.7. The van der Waals surface area contributed by atoms with Crippen molar-refractivity contribution in [2.24, 2.45) is 0 Å². The minimum atomic E-state index is -5.12. The third-order valence-corrected chi connectivity index (χ3v) is 6.84. The van der Waals surface area contributed by atoms with Crippen LogP contribution in [0.4, 0.5) is 28.9 Å². The summed E-state index contributed by atoms with van der Waals surface area (Å²) in [6, 6.07) is 9.94. The van der Waals surface area contributed by atoms with Gasteiger partial charge in [-0.15, -0.1) is 0 Å². The van der Waals surface area contributed by atoms with Gasteiger partial charge in [0.05, 0.1) is 47.0 Å². The molecule has 2 aromatic heterocycles. The molecule has 0 spiro atoms. The van der Waals surface area contributed by atoms with E-state index >= 15 is 4.39 Å². The highest BCUT2D eigenvalue weighted by molar-refractivity contribution is 7.80. The van der Waals surface area contributed by atoms with E-state index in [0.29, 0.717) is 48.6 Å². The van der Waals surface area contributed by atoms with Gasteiger partial charge in [-0.25, -0.2) is 9.37 Å². The number of thiocarbonyl (C=S) groups is 1. The van der Waals surface area contributed by atoms with Gasteiger partial charge in [0.15, 0.2) is 10.9 Å². The molecule has 3 rings (SSSR count). The zero-order chi connectivity index (χ0) is 32.5. The Morgan fingerprint density at radius 2 is 1.77 bits per heavy atom. The molecule has 0 unspecified atom stereocenters. The number of benzene rings is 1. The Bertz CT molecular complexity index is 1510. The molecule has 2 heterocycles. The molecule has 0 bridgehead atoms. The molecule has 0 aliphatic heterocycles. The van der Waals surface area contributed by atoms with E-state index in [1.165, 1.54) is 38.1 Å². The van der Waals surface area contributed by atoms with Crippen LogP contribution in [0.5, 0.6) is 5.88 Å². The summed E-state index contributed by atoms with van der Waals surface area (Å²) in [5.41, 5.74) is -2.91. The van der Waals surface area contributed by atoms with Gasteiger partial charge in [-0.3, -0.25) is 4.98 Å². The second-order valence-corrected chi connectivity index (χ2v) is 10.3. The summed E-state index contributed by atoms with van der Waals surface area (Å²) in [4.78, 5) is 33.4. The summed E-state index contributed by atoms with van der Waals surface area (Å²) in [7, 11) is 1.26. The minimum Gasteiger partial charge on any atom is -0.478 e. The van der Waals surface area contributed by atoms with Gasteiger partial charge in [-0.05, 0) is 69.2 Å². The summed E-state index contributed by atoms with van der Waals surface area (Å²) in [5.74, 6) is -1.25. The van der Waals surface area contributed by atoms with Crippen LogP contribution >= 0.6 is 12.2 Å². The highest BCUT2D eigenvalue weighted by Gasteiger charge is 2.40. The molecule has 0 radical (unpaired) electrons. The number of ether oxygens (including phenoxy) is 2. The van der Waals surface area contributed by atoms with Crippen molar-refractivity contribution in [2.75, 3.05) is 36.7 Å². The van der Waals surface area contributed by atoms with Gasteiger partial charge in [0.25, 0.3) is 0 Å². The summed E-state index contributed by atoms with van der Waals surface area (Å²) in [6.45, 7) is 4.02. The van der Waals surface area contributed by atoms with Crippen LogP contribution in [0.1, 0.15) is 37.8 Å². The van der Waals surface area contributed by atoms with Gasteiger partial charge in [-0.2, -0.15) is 18.4 Å². The molecule has 0 amide bonds. The topological polar surface area (TPSA) is 109 Å². The van der Waals surface area contributed by atoms with E-state index < -0.39 is 34.3 Å². The summed E-state index contributed by atoms with van der Waals surface area (Å²) in [5, 5.41) is 8.89. The fraction of sp³-hybridized carbons (Fsp3) is 0.333. The number of carbonyl (C=O) groups is 2. The Labute approximate surface area is 257 Å². The SMILES string of the molecule is CN(C(=S)N(c1ccc(-c2ccc(OCCCCOCC=O)nc2)nc1)C(C)(C)C=O)c1ccc(C#N)c(C(F)(F)F)c1F. The van der Waals surface area contributed by atoms with Crippen LogP contribution in [0.3, 0.4) is 0 Å². The molecule has 9 nitrogen and oxygen atoms in total. The molecule has 0 aliphatic carbocycles. The van der Waals surface area contributed by atoms with Gasteiger partial charge in [0.1, 0.15) is 24.7 Å². The van der Waals surface area contributed by atoms with Gasteiger partial charge in [-0.1, -0.05) is 0 Å². The monoisotopic (exact) mass is 631 g/mol. The van der Waals surface area contributed by atoms with E-state index in [9.17, 15) is 22.8 Å². The number of alkyl halides is 3. The maximum absolute atomic E-state index is 15.2. The summed E-state index contributed by atoms with van der Waals surface area (Å²) >= 11 is 5.55. The number of unbranched alkanes of at least 4 members (excludes halogenated alkanes) is 1. The van der Waals surface area contributed by atoms with Crippen LogP contribution < -0.4 is 14.5 Å². The normalized spacial score (nSPS) is 11.4. The standard InChI is InChI=1S/C30H29F4N5O4S/c1-29(2,19-41)39(28(44)38(3)24-10-6-20(16-35)26(27(24)31)30(32,33)34)22-8-9-23(36-18-22)21-7-11-25(37-17-21)43-14-5-4-13-42-15-12-40/h6-12,17-19H,4-5,13-15H2,1-3H3. The fourth-order valence-electron chi connectivity index (χ4n) is 4.11. The second-order valence-electron chi connectivity index (χ2n) is 9.96. The third-order valence-electron chi connectivity index (χ3n) is 6.39. The minimum absolute atomic E-state index is 0.0696. The lowest BCUT2D eigenvalue weighted by Gasteiger charge is -2.39. The van der Waals surface area contributed by atoms with Crippen molar-refractivity contribution in [3.63, 3.8) is 0 Å². The molecule has 0 atom stereocenters. The van der Waals surface area contributed by atoms with Gasteiger partial charge in [0.2, 0.25) is 5.88 Å². The maximum atomic E-state index is 15.2. The van der Waals surface area contributed by atoms with E-state index in [1.54, 1.807) is 30.5 Å². The van der Waals surface area contributed by atoms with Crippen molar-refractivity contribution in [1.82, 2.24) is 9.97 Å². The Morgan fingerprint density at radius 1 is 1.05 bits per heavy atom. The number of aldehydes is 2. The number of hydrogen-bond donors (Lipinski definition) is 0. The van der Waals surface area contributed by atoms with Gasteiger partial charge >= 0.3 is 6.18 Å². The lowest BCUT2D eigenvalue weighted by atomic mass is 10.0. The Balaban J connectivity index is 1.81. The average molecular weight is 632 g/mol. The first-order valence-electron chi connectivity index (χ1n) is 13.3.